The van der Waals surface area contributed by atoms with Crippen LogP contribution in [0.4, 0.5) is 5.69 Å². The van der Waals surface area contributed by atoms with Gasteiger partial charge in [0.2, 0.25) is 11.8 Å². The van der Waals surface area contributed by atoms with Crippen LogP contribution in [0.5, 0.6) is 0 Å². The molecule has 3 aliphatic rings. The molecular weight excluding hydrogens is 282 g/mol. The fourth-order valence-corrected chi connectivity index (χ4v) is 4.32. The maximum absolute atomic E-state index is 12.9. The molecule has 2 amide bonds. The largest absolute Gasteiger partial charge is 0.545 e. The van der Waals surface area contributed by atoms with Crippen molar-refractivity contribution in [3.63, 3.8) is 0 Å². The van der Waals surface area contributed by atoms with Crippen LogP contribution in [0.15, 0.2) is 36.4 Å². The molecule has 0 N–H and O–H groups in total. The van der Waals surface area contributed by atoms with Crippen LogP contribution >= 0.6 is 0 Å². The lowest BCUT2D eigenvalue weighted by atomic mass is 9.71. The third-order valence-corrected chi connectivity index (χ3v) is 5.45. The SMILES string of the molecule is C[C@@]12C(=O)N(c3cccc(C(=O)[O-])c3)C(=O)[C@H]1[C@H]1C=C[C@@H]2C1. The number of carbonyl (C=O) groups excluding carboxylic acids is 3. The first-order valence-corrected chi connectivity index (χ1v) is 7.32. The number of anilines is 1. The highest BCUT2D eigenvalue weighted by Crippen LogP contribution is 2.60. The molecule has 0 spiro atoms. The van der Waals surface area contributed by atoms with Gasteiger partial charge in [0.1, 0.15) is 0 Å². The third-order valence-electron chi connectivity index (χ3n) is 5.45. The van der Waals surface area contributed by atoms with Gasteiger partial charge < -0.3 is 9.90 Å². The van der Waals surface area contributed by atoms with Crippen molar-refractivity contribution in [2.24, 2.45) is 23.2 Å². The second kappa shape index (κ2) is 4.06. The van der Waals surface area contributed by atoms with Gasteiger partial charge in [-0.2, -0.15) is 0 Å². The van der Waals surface area contributed by atoms with Crippen LogP contribution in [-0.2, 0) is 9.59 Å². The quantitative estimate of drug-likeness (QED) is 0.596. The van der Waals surface area contributed by atoms with Crippen molar-refractivity contribution in [1.82, 2.24) is 0 Å². The summed E-state index contributed by atoms with van der Waals surface area (Å²) >= 11 is 0. The van der Waals surface area contributed by atoms with Gasteiger partial charge in [-0.1, -0.05) is 24.3 Å². The highest BCUT2D eigenvalue weighted by molar-refractivity contribution is 6.24. The number of carbonyl (C=O) groups is 3. The minimum Gasteiger partial charge on any atom is -0.545 e. The molecule has 1 saturated carbocycles. The van der Waals surface area contributed by atoms with Gasteiger partial charge in [0.05, 0.1) is 23.0 Å². The summed E-state index contributed by atoms with van der Waals surface area (Å²) in [6, 6.07) is 5.81. The molecule has 5 heteroatoms. The van der Waals surface area contributed by atoms with Crippen molar-refractivity contribution < 1.29 is 19.5 Å². The molecule has 0 unspecified atom stereocenters. The van der Waals surface area contributed by atoms with E-state index in [2.05, 4.69) is 0 Å². The Morgan fingerprint density at radius 1 is 1.32 bits per heavy atom. The van der Waals surface area contributed by atoms with Crippen molar-refractivity contribution in [3.05, 3.63) is 42.0 Å². The molecule has 4 rings (SSSR count). The molecule has 1 aromatic rings. The highest BCUT2D eigenvalue weighted by Gasteiger charge is 2.67. The van der Waals surface area contributed by atoms with Gasteiger partial charge in [-0.05, 0) is 42.9 Å². The molecule has 1 aromatic carbocycles. The van der Waals surface area contributed by atoms with Crippen LogP contribution in [0.3, 0.4) is 0 Å². The van der Waals surface area contributed by atoms with Crippen LogP contribution in [0, 0.1) is 23.2 Å². The average molecular weight is 296 g/mol. The Labute approximate surface area is 127 Å². The monoisotopic (exact) mass is 296 g/mol. The summed E-state index contributed by atoms with van der Waals surface area (Å²) in [5.41, 5.74) is -0.429. The molecule has 0 radical (unpaired) electrons. The molecule has 4 atom stereocenters. The number of carboxylic acid groups (broad SMARTS) is 1. The summed E-state index contributed by atoms with van der Waals surface area (Å²) in [4.78, 5) is 37.8. The predicted molar refractivity (Wildman–Crippen MR) is 75.6 cm³/mol. The Morgan fingerprint density at radius 2 is 2.09 bits per heavy atom. The summed E-state index contributed by atoms with van der Waals surface area (Å²) < 4.78 is 0. The number of rotatable bonds is 2. The molecule has 1 aliphatic heterocycles. The van der Waals surface area contributed by atoms with E-state index in [-0.39, 0.29) is 35.1 Å². The molecule has 22 heavy (non-hydrogen) atoms. The lowest BCUT2D eigenvalue weighted by Crippen LogP contribution is -2.37. The zero-order valence-electron chi connectivity index (χ0n) is 12.0. The van der Waals surface area contributed by atoms with E-state index in [1.807, 2.05) is 19.1 Å². The molecule has 5 nitrogen and oxygen atoms in total. The fourth-order valence-electron chi connectivity index (χ4n) is 4.32. The van der Waals surface area contributed by atoms with E-state index >= 15 is 0 Å². The zero-order chi connectivity index (χ0) is 15.6. The van der Waals surface area contributed by atoms with E-state index < -0.39 is 11.4 Å². The molecule has 2 fully saturated rings. The van der Waals surface area contributed by atoms with Crippen LogP contribution in [0.25, 0.3) is 0 Å². The molecule has 0 aromatic heterocycles. The molecule has 2 aliphatic carbocycles. The topological polar surface area (TPSA) is 77.5 Å². The summed E-state index contributed by atoms with van der Waals surface area (Å²) in [6.07, 6.45) is 4.92. The van der Waals surface area contributed by atoms with Crippen molar-refractivity contribution in [2.75, 3.05) is 4.90 Å². The predicted octanol–water partition coefficient (Wildman–Crippen LogP) is 0.752. The average Bonchev–Trinajstić information content (AvgIpc) is 3.12. The second-order valence-electron chi connectivity index (χ2n) is 6.47. The van der Waals surface area contributed by atoms with Crippen molar-refractivity contribution in [2.45, 2.75) is 13.3 Å². The maximum Gasteiger partial charge on any atom is 0.241 e. The number of amides is 2. The van der Waals surface area contributed by atoms with Gasteiger partial charge in [-0.3, -0.25) is 9.59 Å². The van der Waals surface area contributed by atoms with Crippen molar-refractivity contribution >= 4 is 23.5 Å². The van der Waals surface area contributed by atoms with Crippen LogP contribution in [0.2, 0.25) is 0 Å². The number of imide groups is 1. The van der Waals surface area contributed by atoms with Crippen molar-refractivity contribution in [1.29, 1.82) is 0 Å². The number of fused-ring (bicyclic) bond motifs is 5. The van der Waals surface area contributed by atoms with Gasteiger partial charge >= 0.3 is 0 Å². The molecule has 1 saturated heterocycles. The number of hydrogen-bond acceptors (Lipinski definition) is 4. The van der Waals surface area contributed by atoms with Gasteiger partial charge in [0.15, 0.2) is 0 Å². The first-order valence-electron chi connectivity index (χ1n) is 7.32. The summed E-state index contributed by atoms with van der Waals surface area (Å²) in [5.74, 6) is -1.90. The first kappa shape index (κ1) is 13.2. The first-order chi connectivity index (χ1) is 10.4. The van der Waals surface area contributed by atoms with Crippen LogP contribution in [-0.4, -0.2) is 17.8 Å². The lowest BCUT2D eigenvalue weighted by Gasteiger charge is -2.28. The van der Waals surface area contributed by atoms with Gasteiger partial charge in [0, 0.05) is 0 Å². The van der Waals surface area contributed by atoms with Crippen LogP contribution in [0.1, 0.15) is 23.7 Å². The Kier molecular flexibility index (Phi) is 2.45. The van der Waals surface area contributed by atoms with E-state index in [9.17, 15) is 19.5 Å². The van der Waals surface area contributed by atoms with Gasteiger partial charge in [-0.25, -0.2) is 4.90 Å². The van der Waals surface area contributed by atoms with E-state index in [0.29, 0.717) is 5.69 Å². The summed E-state index contributed by atoms with van der Waals surface area (Å²) in [6.45, 7) is 1.86. The summed E-state index contributed by atoms with van der Waals surface area (Å²) in [7, 11) is 0. The number of aromatic carboxylic acids is 1. The molecule has 2 bridgehead atoms. The number of hydrogen-bond donors (Lipinski definition) is 0. The molecule has 1 heterocycles. The van der Waals surface area contributed by atoms with Gasteiger partial charge in [-0.15, -0.1) is 0 Å². The highest BCUT2D eigenvalue weighted by atomic mass is 16.4. The number of benzene rings is 1. The molecule has 112 valence electrons. The Balaban J connectivity index is 1.79. The lowest BCUT2D eigenvalue weighted by molar-refractivity contribution is -0.255. The van der Waals surface area contributed by atoms with Crippen LogP contribution < -0.4 is 10.0 Å². The standard InChI is InChI=1S/C17H15NO4/c1-17-11-6-5-9(7-11)13(17)14(19)18(16(17)22)12-4-2-3-10(8-12)15(20)21/h2-6,8-9,11,13H,7H2,1H3,(H,20,21)/p-1/t9-,11+,13+,17-/m0/s1. The van der Waals surface area contributed by atoms with E-state index in [4.69, 9.17) is 0 Å². The Morgan fingerprint density at radius 3 is 2.77 bits per heavy atom. The molecular formula is C17H14NO4-. The number of carboxylic acids is 1. The number of nitrogens with zero attached hydrogens (tertiary/aromatic N) is 1. The minimum atomic E-state index is -1.32. The van der Waals surface area contributed by atoms with E-state index in [1.54, 1.807) is 6.07 Å². The normalized spacial score (nSPS) is 35.3. The van der Waals surface area contributed by atoms with E-state index in [1.165, 1.54) is 18.2 Å². The smallest absolute Gasteiger partial charge is 0.241 e. The third kappa shape index (κ3) is 1.41. The summed E-state index contributed by atoms with van der Waals surface area (Å²) in [5, 5.41) is 11.0. The Bertz CT molecular complexity index is 753. The maximum atomic E-state index is 12.9. The second-order valence-corrected chi connectivity index (χ2v) is 6.47. The van der Waals surface area contributed by atoms with Crippen molar-refractivity contribution in [3.8, 4) is 0 Å². The van der Waals surface area contributed by atoms with Gasteiger partial charge in [0.25, 0.3) is 0 Å². The minimum absolute atomic E-state index is 0.0404. The fraction of sp³-hybridized carbons (Fsp3) is 0.353. The zero-order valence-corrected chi connectivity index (χ0v) is 12.0. The Hall–Kier alpha value is -2.43. The number of allylic oxidation sites excluding steroid dienone is 2. The van der Waals surface area contributed by atoms with E-state index in [0.717, 1.165) is 11.3 Å².